The monoisotopic (exact) mass is 207 g/mol. The summed E-state index contributed by atoms with van der Waals surface area (Å²) < 4.78 is 0. The van der Waals surface area contributed by atoms with E-state index in [0.717, 1.165) is 23.8 Å². The van der Waals surface area contributed by atoms with Crippen LogP contribution >= 0.6 is 0 Å². The van der Waals surface area contributed by atoms with Crippen molar-refractivity contribution in [2.75, 3.05) is 6.54 Å². The Morgan fingerprint density at radius 2 is 1.80 bits per heavy atom. The molecule has 0 aromatic carbocycles. The second kappa shape index (κ2) is 4.45. The molecule has 3 aliphatic rings. The molecule has 3 rings (SSSR count). The molecular weight excluding hydrogens is 182 g/mol. The van der Waals surface area contributed by atoms with E-state index < -0.39 is 0 Å². The van der Waals surface area contributed by atoms with E-state index in [1.165, 1.54) is 38.6 Å². The zero-order valence-electron chi connectivity index (χ0n) is 9.88. The van der Waals surface area contributed by atoms with Crippen molar-refractivity contribution in [2.24, 2.45) is 17.8 Å². The van der Waals surface area contributed by atoms with Gasteiger partial charge in [-0.05, 0) is 62.8 Å². The van der Waals surface area contributed by atoms with Crippen molar-refractivity contribution < 1.29 is 0 Å². The topological polar surface area (TPSA) is 12.0 Å². The lowest BCUT2D eigenvalue weighted by Crippen LogP contribution is -2.29. The molecular formula is C14H25N. The molecule has 0 heterocycles. The highest BCUT2D eigenvalue weighted by molar-refractivity contribution is 4.90. The van der Waals surface area contributed by atoms with Gasteiger partial charge in [0.25, 0.3) is 0 Å². The van der Waals surface area contributed by atoms with E-state index in [9.17, 15) is 0 Å². The summed E-state index contributed by atoms with van der Waals surface area (Å²) in [5.74, 6) is 3.35. The van der Waals surface area contributed by atoms with Gasteiger partial charge in [-0.25, -0.2) is 0 Å². The Bertz CT molecular complexity index is 207. The van der Waals surface area contributed by atoms with Crippen molar-refractivity contribution in [3.63, 3.8) is 0 Å². The third kappa shape index (κ3) is 2.22. The number of nitrogens with one attached hydrogen (secondary N) is 1. The van der Waals surface area contributed by atoms with Crippen molar-refractivity contribution >= 4 is 0 Å². The van der Waals surface area contributed by atoms with E-state index in [4.69, 9.17) is 0 Å². The fraction of sp³-hybridized carbons (Fsp3) is 1.00. The molecule has 0 amide bonds. The second-order valence-corrected chi connectivity index (χ2v) is 6.16. The molecule has 15 heavy (non-hydrogen) atoms. The van der Waals surface area contributed by atoms with Gasteiger partial charge in [0.2, 0.25) is 0 Å². The molecule has 2 bridgehead atoms. The maximum Gasteiger partial charge on any atom is 0.00670 e. The van der Waals surface area contributed by atoms with Gasteiger partial charge < -0.3 is 5.32 Å². The molecule has 0 saturated heterocycles. The summed E-state index contributed by atoms with van der Waals surface area (Å²) in [4.78, 5) is 0. The zero-order valence-corrected chi connectivity index (χ0v) is 9.88. The van der Waals surface area contributed by atoms with Crippen LogP contribution in [0.15, 0.2) is 0 Å². The van der Waals surface area contributed by atoms with Crippen LogP contribution in [-0.4, -0.2) is 12.6 Å². The molecule has 86 valence electrons. The molecule has 3 fully saturated rings. The zero-order chi connectivity index (χ0) is 10.1. The molecule has 1 N–H and O–H groups in total. The number of hydrogen-bond acceptors (Lipinski definition) is 1. The molecule has 0 aromatic rings. The van der Waals surface area contributed by atoms with E-state index in [1.807, 2.05) is 0 Å². The van der Waals surface area contributed by atoms with Gasteiger partial charge in [0, 0.05) is 6.04 Å². The maximum absolute atomic E-state index is 3.77. The molecule has 3 unspecified atom stereocenters. The lowest BCUT2D eigenvalue weighted by Gasteiger charge is -2.22. The summed E-state index contributed by atoms with van der Waals surface area (Å²) in [5, 5.41) is 3.77. The Labute approximate surface area is 94.0 Å². The van der Waals surface area contributed by atoms with E-state index in [0.29, 0.717) is 0 Å². The fourth-order valence-electron chi connectivity index (χ4n) is 4.33. The smallest absolute Gasteiger partial charge is 0.00670 e. The minimum absolute atomic E-state index is 0.878. The van der Waals surface area contributed by atoms with Crippen LogP contribution in [0.4, 0.5) is 0 Å². The molecule has 1 nitrogen and oxygen atoms in total. The van der Waals surface area contributed by atoms with Gasteiger partial charge in [0.05, 0.1) is 0 Å². The van der Waals surface area contributed by atoms with Crippen LogP contribution < -0.4 is 5.32 Å². The highest BCUT2D eigenvalue weighted by atomic mass is 14.9. The van der Waals surface area contributed by atoms with Crippen molar-refractivity contribution in [3.8, 4) is 0 Å². The Morgan fingerprint density at radius 3 is 2.47 bits per heavy atom. The van der Waals surface area contributed by atoms with Crippen LogP contribution in [0.3, 0.4) is 0 Å². The molecule has 3 atom stereocenters. The summed E-state index contributed by atoms with van der Waals surface area (Å²) >= 11 is 0. The minimum Gasteiger partial charge on any atom is -0.314 e. The Balaban J connectivity index is 1.36. The normalized spacial score (nSPS) is 40.4. The first kappa shape index (κ1) is 10.1. The summed E-state index contributed by atoms with van der Waals surface area (Å²) in [6.07, 6.45) is 13.5. The lowest BCUT2D eigenvalue weighted by molar-refractivity contribution is 0.305. The molecule has 1 heteroatoms. The van der Waals surface area contributed by atoms with E-state index in [-0.39, 0.29) is 0 Å². The predicted octanol–water partition coefficient (Wildman–Crippen LogP) is 3.34. The number of rotatable bonds is 4. The van der Waals surface area contributed by atoms with Gasteiger partial charge >= 0.3 is 0 Å². The third-order valence-electron chi connectivity index (χ3n) is 5.19. The van der Waals surface area contributed by atoms with Crippen molar-refractivity contribution in [1.82, 2.24) is 5.32 Å². The first-order chi connectivity index (χ1) is 7.42. The standard InChI is InChI=1S/C14H25N/c1-2-4-14(3-1)15-8-7-13-10-11-5-6-12(13)9-11/h11-15H,1-10H2. The summed E-state index contributed by atoms with van der Waals surface area (Å²) in [6.45, 7) is 1.30. The van der Waals surface area contributed by atoms with Crippen LogP contribution in [0.2, 0.25) is 0 Å². The molecule has 3 saturated carbocycles. The second-order valence-electron chi connectivity index (χ2n) is 6.16. The SMILES string of the molecule is C1CCC(NCCC2CC3CCC2C3)C1. The van der Waals surface area contributed by atoms with Crippen molar-refractivity contribution in [2.45, 2.75) is 63.8 Å². The predicted molar refractivity (Wildman–Crippen MR) is 63.8 cm³/mol. The Kier molecular flexibility index (Phi) is 3.01. The highest BCUT2D eigenvalue weighted by Gasteiger charge is 2.38. The number of hydrogen-bond donors (Lipinski definition) is 1. The highest BCUT2D eigenvalue weighted by Crippen LogP contribution is 2.49. The molecule has 0 aromatic heterocycles. The van der Waals surface area contributed by atoms with E-state index >= 15 is 0 Å². The summed E-state index contributed by atoms with van der Waals surface area (Å²) in [6, 6.07) is 0.878. The fourth-order valence-corrected chi connectivity index (χ4v) is 4.33. The van der Waals surface area contributed by atoms with Gasteiger partial charge in [0.15, 0.2) is 0 Å². The van der Waals surface area contributed by atoms with E-state index in [2.05, 4.69) is 5.32 Å². The Morgan fingerprint density at radius 1 is 0.933 bits per heavy atom. The average Bonchev–Trinajstić information content (AvgIpc) is 2.93. The first-order valence-electron chi connectivity index (χ1n) is 7.15. The van der Waals surface area contributed by atoms with Crippen LogP contribution in [0, 0.1) is 17.8 Å². The largest absolute Gasteiger partial charge is 0.314 e. The summed E-state index contributed by atoms with van der Waals surface area (Å²) in [5.41, 5.74) is 0. The Hall–Kier alpha value is -0.0400. The van der Waals surface area contributed by atoms with Crippen LogP contribution in [0.5, 0.6) is 0 Å². The minimum atomic E-state index is 0.878. The van der Waals surface area contributed by atoms with Gasteiger partial charge in [-0.1, -0.05) is 19.3 Å². The molecule has 0 aliphatic heterocycles. The van der Waals surface area contributed by atoms with Gasteiger partial charge in [-0.15, -0.1) is 0 Å². The van der Waals surface area contributed by atoms with Gasteiger partial charge in [0.1, 0.15) is 0 Å². The summed E-state index contributed by atoms with van der Waals surface area (Å²) in [7, 11) is 0. The van der Waals surface area contributed by atoms with Crippen LogP contribution in [-0.2, 0) is 0 Å². The molecule has 0 radical (unpaired) electrons. The molecule has 0 spiro atoms. The van der Waals surface area contributed by atoms with Crippen molar-refractivity contribution in [3.05, 3.63) is 0 Å². The lowest BCUT2D eigenvalue weighted by atomic mass is 9.86. The van der Waals surface area contributed by atoms with E-state index in [1.54, 1.807) is 25.7 Å². The first-order valence-corrected chi connectivity index (χ1v) is 7.15. The van der Waals surface area contributed by atoms with Crippen LogP contribution in [0.1, 0.15) is 57.8 Å². The van der Waals surface area contributed by atoms with Gasteiger partial charge in [-0.2, -0.15) is 0 Å². The number of fused-ring (bicyclic) bond motifs is 2. The van der Waals surface area contributed by atoms with Crippen molar-refractivity contribution in [1.29, 1.82) is 0 Å². The maximum atomic E-state index is 3.77. The quantitative estimate of drug-likeness (QED) is 0.745. The molecule has 3 aliphatic carbocycles. The average molecular weight is 207 g/mol. The van der Waals surface area contributed by atoms with Crippen LogP contribution in [0.25, 0.3) is 0 Å². The van der Waals surface area contributed by atoms with Gasteiger partial charge in [-0.3, -0.25) is 0 Å². The third-order valence-corrected chi connectivity index (χ3v) is 5.19.